The minimum Gasteiger partial charge on any atom is -0.377 e. The average molecular weight is 426 g/mol. The predicted octanol–water partition coefficient (Wildman–Crippen LogP) is 2.74. The average Bonchev–Trinajstić information content (AvgIpc) is 2.73. The van der Waals surface area contributed by atoms with Crippen LogP contribution >= 0.6 is 0 Å². The number of piperazine rings is 1. The maximum Gasteiger partial charge on any atom is 0.172 e. The Morgan fingerprint density at radius 1 is 1.06 bits per heavy atom. The first kappa shape index (κ1) is 20.0. The van der Waals surface area contributed by atoms with Gasteiger partial charge in [-0.15, -0.1) is 0 Å². The Labute approximate surface area is 179 Å². The van der Waals surface area contributed by atoms with Crippen LogP contribution in [0.15, 0.2) is 30.5 Å². The van der Waals surface area contributed by atoms with E-state index in [1.807, 2.05) is 13.0 Å². The molecule has 162 valence electrons. The summed E-state index contributed by atoms with van der Waals surface area (Å²) in [4.78, 5) is 18.4. The van der Waals surface area contributed by atoms with Crippen molar-refractivity contribution in [2.75, 3.05) is 49.6 Å². The number of nitrogens with one attached hydrogen (secondary N) is 1. The van der Waals surface area contributed by atoms with Gasteiger partial charge in [-0.1, -0.05) is 6.07 Å². The summed E-state index contributed by atoms with van der Waals surface area (Å²) >= 11 is 0. The van der Waals surface area contributed by atoms with Crippen LogP contribution in [-0.4, -0.2) is 65.3 Å². The highest BCUT2D eigenvalue weighted by Crippen LogP contribution is 2.28. The van der Waals surface area contributed by atoms with Crippen LogP contribution in [0.2, 0.25) is 0 Å². The van der Waals surface area contributed by atoms with E-state index in [2.05, 4.69) is 20.1 Å². The van der Waals surface area contributed by atoms with Gasteiger partial charge >= 0.3 is 0 Å². The molecule has 9 heteroatoms. The monoisotopic (exact) mass is 426 g/mol. The molecule has 3 aromatic rings. The lowest BCUT2D eigenvalue weighted by Gasteiger charge is -2.37. The molecule has 0 unspecified atom stereocenters. The van der Waals surface area contributed by atoms with E-state index in [9.17, 15) is 8.78 Å². The van der Waals surface area contributed by atoms with Crippen LogP contribution in [0.1, 0.15) is 11.3 Å². The summed E-state index contributed by atoms with van der Waals surface area (Å²) in [5.74, 6) is 0.504. The van der Waals surface area contributed by atoms with Gasteiger partial charge in [0.25, 0.3) is 0 Å². The quantitative estimate of drug-likeness (QED) is 0.673. The third-order valence-electron chi connectivity index (χ3n) is 5.73. The maximum absolute atomic E-state index is 14.0. The number of hydrogen-bond donors (Lipinski definition) is 1. The lowest BCUT2D eigenvalue weighted by Crippen LogP contribution is -2.47. The molecule has 0 amide bonds. The van der Waals surface area contributed by atoms with E-state index in [-0.39, 0.29) is 6.04 Å². The molecule has 31 heavy (non-hydrogen) atoms. The zero-order valence-corrected chi connectivity index (χ0v) is 17.3. The van der Waals surface area contributed by atoms with Crippen molar-refractivity contribution in [3.8, 4) is 0 Å². The number of nitrogens with zero attached hydrogens (tertiary/aromatic N) is 5. The Balaban J connectivity index is 1.34. The molecule has 7 nitrogen and oxygen atoms in total. The minimum atomic E-state index is -0.553. The third-order valence-corrected chi connectivity index (χ3v) is 5.73. The SMILES string of the molecule is Cc1cc2nc(NC3COC3)c(N3CCN(Cc4ccc(F)cc4F)CC3)nc2cn1. The molecule has 1 aromatic carbocycles. The van der Waals surface area contributed by atoms with E-state index in [0.29, 0.717) is 25.3 Å². The van der Waals surface area contributed by atoms with E-state index >= 15 is 0 Å². The second-order valence-electron chi connectivity index (χ2n) is 8.09. The van der Waals surface area contributed by atoms with Gasteiger partial charge in [0.15, 0.2) is 11.6 Å². The van der Waals surface area contributed by atoms with Crippen molar-refractivity contribution in [3.63, 3.8) is 0 Å². The first-order valence-electron chi connectivity index (χ1n) is 10.4. The van der Waals surface area contributed by atoms with Crippen molar-refractivity contribution in [3.05, 3.63) is 53.4 Å². The summed E-state index contributed by atoms with van der Waals surface area (Å²) < 4.78 is 32.5. The van der Waals surface area contributed by atoms with Gasteiger partial charge in [0.1, 0.15) is 17.2 Å². The highest BCUT2D eigenvalue weighted by atomic mass is 19.1. The van der Waals surface area contributed by atoms with Crippen molar-refractivity contribution in [1.82, 2.24) is 19.9 Å². The molecule has 2 saturated heterocycles. The number of aromatic nitrogens is 3. The summed E-state index contributed by atoms with van der Waals surface area (Å²) in [5.41, 5.74) is 2.97. The van der Waals surface area contributed by atoms with Crippen molar-refractivity contribution < 1.29 is 13.5 Å². The lowest BCUT2D eigenvalue weighted by atomic mass is 10.1. The van der Waals surface area contributed by atoms with Crippen molar-refractivity contribution in [1.29, 1.82) is 0 Å². The molecule has 0 atom stereocenters. The summed E-state index contributed by atoms with van der Waals surface area (Å²) in [6, 6.07) is 5.93. The largest absolute Gasteiger partial charge is 0.377 e. The lowest BCUT2D eigenvalue weighted by molar-refractivity contribution is 0.0209. The van der Waals surface area contributed by atoms with Crippen LogP contribution in [0.4, 0.5) is 20.4 Å². The number of hydrogen-bond acceptors (Lipinski definition) is 7. The van der Waals surface area contributed by atoms with E-state index < -0.39 is 11.6 Å². The second-order valence-corrected chi connectivity index (χ2v) is 8.09. The Bertz CT molecular complexity index is 1100. The smallest absolute Gasteiger partial charge is 0.172 e. The molecule has 0 aliphatic carbocycles. The number of fused-ring (bicyclic) bond motifs is 1. The molecule has 2 fully saturated rings. The van der Waals surface area contributed by atoms with Gasteiger partial charge in [-0.2, -0.15) is 0 Å². The first-order chi connectivity index (χ1) is 15.0. The number of aryl methyl sites for hydroxylation is 1. The topological polar surface area (TPSA) is 66.4 Å². The van der Waals surface area contributed by atoms with Gasteiger partial charge in [-0.3, -0.25) is 9.88 Å². The van der Waals surface area contributed by atoms with Crippen LogP contribution in [0.5, 0.6) is 0 Å². The summed E-state index contributed by atoms with van der Waals surface area (Å²) in [5, 5.41) is 3.46. The summed E-state index contributed by atoms with van der Waals surface area (Å²) in [6.07, 6.45) is 1.75. The molecule has 2 aromatic heterocycles. The van der Waals surface area contributed by atoms with Gasteiger partial charge in [-0.05, 0) is 19.1 Å². The van der Waals surface area contributed by atoms with Crippen molar-refractivity contribution in [2.45, 2.75) is 19.5 Å². The Hall–Kier alpha value is -2.91. The number of halogens is 2. The molecule has 0 saturated carbocycles. The fourth-order valence-electron chi connectivity index (χ4n) is 3.89. The molecular weight excluding hydrogens is 402 g/mol. The van der Waals surface area contributed by atoms with E-state index in [1.54, 1.807) is 6.20 Å². The maximum atomic E-state index is 14.0. The summed E-state index contributed by atoms with van der Waals surface area (Å²) in [7, 11) is 0. The zero-order chi connectivity index (χ0) is 21.4. The molecule has 0 radical (unpaired) electrons. The Kier molecular flexibility index (Phi) is 5.37. The molecule has 1 N–H and O–H groups in total. The number of pyridine rings is 1. The van der Waals surface area contributed by atoms with Crippen LogP contribution in [0.25, 0.3) is 11.0 Å². The fourth-order valence-corrected chi connectivity index (χ4v) is 3.89. The van der Waals surface area contributed by atoms with Crippen molar-refractivity contribution >= 4 is 22.7 Å². The van der Waals surface area contributed by atoms with Gasteiger partial charge in [0.05, 0.1) is 31.0 Å². The third kappa shape index (κ3) is 4.28. The molecule has 0 spiro atoms. The molecule has 2 aliphatic rings. The van der Waals surface area contributed by atoms with Crippen LogP contribution in [0, 0.1) is 18.6 Å². The second kappa shape index (κ2) is 8.32. The number of ether oxygens (including phenoxy) is 1. The zero-order valence-electron chi connectivity index (χ0n) is 17.3. The standard InChI is InChI=1S/C22H24F2N6O/c1-14-8-19-20(10-25-14)28-22(21(27-19)26-17-12-31-13-17)30-6-4-29(5-7-30)11-15-2-3-16(23)9-18(15)24/h2-3,8-10,17H,4-7,11-13H2,1H3,(H,26,27). The molecule has 2 aliphatic heterocycles. The molecule has 5 rings (SSSR count). The van der Waals surface area contributed by atoms with E-state index in [4.69, 9.17) is 14.7 Å². The van der Waals surface area contributed by atoms with E-state index in [0.717, 1.165) is 60.6 Å². The number of rotatable bonds is 5. The van der Waals surface area contributed by atoms with Crippen LogP contribution in [-0.2, 0) is 11.3 Å². The van der Waals surface area contributed by atoms with Crippen molar-refractivity contribution in [2.24, 2.45) is 0 Å². The van der Waals surface area contributed by atoms with Crippen LogP contribution < -0.4 is 10.2 Å². The van der Waals surface area contributed by atoms with Gasteiger partial charge in [0, 0.05) is 50.0 Å². The van der Waals surface area contributed by atoms with Gasteiger partial charge in [0.2, 0.25) is 0 Å². The number of anilines is 2. The molecule has 4 heterocycles. The van der Waals surface area contributed by atoms with Gasteiger partial charge < -0.3 is 15.0 Å². The fraction of sp³-hybridized carbons (Fsp3) is 0.409. The normalized spacial score (nSPS) is 17.7. The highest BCUT2D eigenvalue weighted by molar-refractivity contribution is 5.80. The minimum absolute atomic E-state index is 0.233. The Morgan fingerprint density at radius 3 is 2.58 bits per heavy atom. The predicted molar refractivity (Wildman–Crippen MR) is 114 cm³/mol. The molecular formula is C22H24F2N6O. The first-order valence-corrected chi connectivity index (χ1v) is 10.4. The van der Waals surface area contributed by atoms with Gasteiger partial charge in [-0.25, -0.2) is 18.7 Å². The van der Waals surface area contributed by atoms with E-state index in [1.165, 1.54) is 12.1 Å². The highest BCUT2D eigenvalue weighted by Gasteiger charge is 2.26. The molecule has 0 bridgehead atoms. The number of benzene rings is 1. The Morgan fingerprint density at radius 2 is 1.87 bits per heavy atom. The van der Waals surface area contributed by atoms with Crippen LogP contribution in [0.3, 0.4) is 0 Å². The summed E-state index contributed by atoms with van der Waals surface area (Å²) in [6.45, 7) is 6.67.